The zero-order valence-electron chi connectivity index (χ0n) is 8.43. The molecule has 3 heteroatoms. The minimum absolute atomic E-state index is 0.109. The zero-order chi connectivity index (χ0) is 10.7. The smallest absolute Gasteiger partial charge is 0.0705 e. The molecule has 2 rings (SSSR count). The molecular weight excluding hydrogens is 188 g/mol. The fourth-order valence-corrected chi connectivity index (χ4v) is 1.74. The first-order valence-corrected chi connectivity index (χ1v) is 5.03. The number of aliphatic hydroxyl groups is 1. The third-order valence-corrected chi connectivity index (χ3v) is 2.52. The Hall–Kier alpha value is -1.45. The number of pyridine rings is 1. The highest BCUT2D eigenvalue weighted by Crippen LogP contribution is 2.22. The van der Waals surface area contributed by atoms with Gasteiger partial charge in [-0.2, -0.15) is 0 Å². The van der Waals surface area contributed by atoms with Crippen molar-refractivity contribution in [2.24, 2.45) is 5.73 Å². The molecule has 0 spiro atoms. The summed E-state index contributed by atoms with van der Waals surface area (Å²) < 4.78 is 0. The molecule has 2 aromatic rings. The molecule has 0 amide bonds. The normalized spacial score (nSPS) is 12.9. The largest absolute Gasteiger partial charge is 0.396 e. The lowest BCUT2D eigenvalue weighted by atomic mass is 10.0. The Bertz CT molecular complexity index is 451. The van der Waals surface area contributed by atoms with Gasteiger partial charge >= 0.3 is 0 Å². The van der Waals surface area contributed by atoms with Gasteiger partial charge in [-0.05, 0) is 24.1 Å². The van der Waals surface area contributed by atoms with Gasteiger partial charge in [-0.1, -0.05) is 18.2 Å². The molecular formula is C12H14N2O. The number of nitrogens with zero attached hydrogens (tertiary/aromatic N) is 1. The van der Waals surface area contributed by atoms with Crippen LogP contribution in [0.3, 0.4) is 0 Å². The van der Waals surface area contributed by atoms with E-state index in [1.54, 1.807) is 6.20 Å². The first-order valence-electron chi connectivity index (χ1n) is 5.03. The van der Waals surface area contributed by atoms with Crippen molar-refractivity contribution < 1.29 is 5.11 Å². The van der Waals surface area contributed by atoms with Gasteiger partial charge < -0.3 is 10.8 Å². The van der Waals surface area contributed by atoms with Gasteiger partial charge in [0.2, 0.25) is 0 Å². The van der Waals surface area contributed by atoms with Crippen molar-refractivity contribution in [2.45, 2.75) is 12.5 Å². The third kappa shape index (κ3) is 1.98. The van der Waals surface area contributed by atoms with Crippen LogP contribution in [0, 0.1) is 0 Å². The van der Waals surface area contributed by atoms with Crippen molar-refractivity contribution in [2.75, 3.05) is 6.61 Å². The molecule has 0 bridgehead atoms. The van der Waals surface area contributed by atoms with E-state index in [1.807, 2.05) is 30.3 Å². The first kappa shape index (κ1) is 10.1. The molecule has 3 N–H and O–H groups in total. The van der Waals surface area contributed by atoms with Gasteiger partial charge in [0, 0.05) is 24.2 Å². The Morgan fingerprint density at radius 3 is 2.87 bits per heavy atom. The average molecular weight is 202 g/mol. The summed E-state index contributed by atoms with van der Waals surface area (Å²) in [7, 11) is 0. The topological polar surface area (TPSA) is 59.1 Å². The molecule has 0 aliphatic carbocycles. The summed E-state index contributed by atoms with van der Waals surface area (Å²) in [6, 6.07) is 9.70. The predicted octanol–water partition coefficient (Wildman–Crippen LogP) is 1.62. The van der Waals surface area contributed by atoms with Crippen molar-refractivity contribution in [1.29, 1.82) is 0 Å². The number of hydrogen-bond acceptors (Lipinski definition) is 3. The van der Waals surface area contributed by atoms with Crippen LogP contribution in [0.25, 0.3) is 10.9 Å². The molecule has 1 aromatic heterocycles. The second-order valence-corrected chi connectivity index (χ2v) is 3.54. The van der Waals surface area contributed by atoms with E-state index in [1.165, 1.54) is 0 Å². The fraction of sp³-hybridized carbons (Fsp3) is 0.250. The van der Waals surface area contributed by atoms with E-state index in [-0.39, 0.29) is 12.6 Å². The van der Waals surface area contributed by atoms with Gasteiger partial charge in [0.05, 0.1) is 5.52 Å². The first-order chi connectivity index (χ1) is 7.33. The number of aliphatic hydroxyl groups excluding tert-OH is 1. The maximum atomic E-state index is 8.87. The van der Waals surface area contributed by atoms with Gasteiger partial charge in [-0.25, -0.2) is 0 Å². The lowest BCUT2D eigenvalue weighted by Crippen LogP contribution is -2.12. The van der Waals surface area contributed by atoms with Crippen molar-refractivity contribution in [1.82, 2.24) is 4.98 Å². The lowest BCUT2D eigenvalue weighted by Gasteiger charge is -2.12. The van der Waals surface area contributed by atoms with Crippen molar-refractivity contribution >= 4 is 10.9 Å². The summed E-state index contributed by atoms with van der Waals surface area (Å²) in [5, 5.41) is 9.94. The van der Waals surface area contributed by atoms with E-state index in [2.05, 4.69) is 4.98 Å². The molecule has 0 aliphatic heterocycles. The molecule has 0 fully saturated rings. The molecule has 0 aliphatic rings. The third-order valence-electron chi connectivity index (χ3n) is 2.52. The highest BCUT2D eigenvalue weighted by atomic mass is 16.3. The predicted molar refractivity (Wildman–Crippen MR) is 60.4 cm³/mol. The van der Waals surface area contributed by atoms with Crippen LogP contribution in [-0.2, 0) is 0 Å². The number of hydrogen-bond donors (Lipinski definition) is 2. The van der Waals surface area contributed by atoms with Crippen molar-refractivity contribution in [3.8, 4) is 0 Å². The van der Waals surface area contributed by atoms with Crippen LogP contribution >= 0.6 is 0 Å². The molecule has 0 saturated heterocycles. The highest BCUT2D eigenvalue weighted by Gasteiger charge is 2.08. The Morgan fingerprint density at radius 2 is 2.07 bits per heavy atom. The highest BCUT2D eigenvalue weighted by molar-refractivity contribution is 5.82. The van der Waals surface area contributed by atoms with Gasteiger partial charge in [0.1, 0.15) is 0 Å². The monoisotopic (exact) mass is 202 g/mol. The van der Waals surface area contributed by atoms with Crippen LogP contribution in [0.2, 0.25) is 0 Å². The van der Waals surface area contributed by atoms with E-state index < -0.39 is 0 Å². The molecule has 78 valence electrons. The quantitative estimate of drug-likeness (QED) is 0.795. The summed E-state index contributed by atoms with van der Waals surface area (Å²) in [5.41, 5.74) is 7.98. The second-order valence-electron chi connectivity index (χ2n) is 3.54. The number of fused-ring (bicyclic) bond motifs is 1. The van der Waals surface area contributed by atoms with Crippen molar-refractivity contribution in [3.63, 3.8) is 0 Å². The Morgan fingerprint density at radius 1 is 1.27 bits per heavy atom. The average Bonchev–Trinajstić information content (AvgIpc) is 2.28. The van der Waals surface area contributed by atoms with E-state index in [0.717, 1.165) is 16.5 Å². The fourth-order valence-electron chi connectivity index (χ4n) is 1.74. The lowest BCUT2D eigenvalue weighted by molar-refractivity contribution is 0.277. The van der Waals surface area contributed by atoms with Crippen LogP contribution in [0.4, 0.5) is 0 Å². The summed E-state index contributed by atoms with van der Waals surface area (Å²) >= 11 is 0. The minimum atomic E-state index is -0.122. The minimum Gasteiger partial charge on any atom is -0.396 e. The number of benzene rings is 1. The van der Waals surface area contributed by atoms with Crippen molar-refractivity contribution in [3.05, 3.63) is 42.1 Å². The summed E-state index contributed by atoms with van der Waals surface area (Å²) in [6.07, 6.45) is 2.34. The maximum absolute atomic E-state index is 8.87. The van der Waals surface area contributed by atoms with E-state index in [9.17, 15) is 0 Å². The van der Waals surface area contributed by atoms with Crippen LogP contribution in [-0.4, -0.2) is 16.7 Å². The van der Waals surface area contributed by atoms with Crippen LogP contribution in [0.15, 0.2) is 36.5 Å². The Balaban J connectivity index is 2.50. The molecule has 0 saturated carbocycles. The summed E-state index contributed by atoms with van der Waals surface area (Å²) in [6.45, 7) is 0.109. The number of para-hydroxylation sites is 1. The van der Waals surface area contributed by atoms with E-state index >= 15 is 0 Å². The van der Waals surface area contributed by atoms with Gasteiger partial charge in [0.25, 0.3) is 0 Å². The molecule has 1 atom stereocenters. The number of nitrogens with two attached hydrogens (primary N) is 1. The molecule has 3 nitrogen and oxygen atoms in total. The Labute approximate surface area is 88.6 Å². The van der Waals surface area contributed by atoms with Crippen LogP contribution in [0.5, 0.6) is 0 Å². The SMILES string of the molecule is N[C@H](CCO)c1ccnc2ccccc12. The molecule has 0 unspecified atom stereocenters. The molecule has 1 aromatic carbocycles. The summed E-state index contributed by atoms with van der Waals surface area (Å²) in [4.78, 5) is 4.27. The van der Waals surface area contributed by atoms with Crippen LogP contribution < -0.4 is 5.73 Å². The standard InChI is InChI=1S/C12H14N2O/c13-11(6-8-15)9-5-7-14-12-4-2-1-3-10(9)12/h1-5,7,11,15H,6,8,13H2/t11-/m1/s1. The molecule has 0 radical (unpaired) electrons. The van der Waals surface area contributed by atoms with Gasteiger partial charge in [0.15, 0.2) is 0 Å². The van der Waals surface area contributed by atoms with E-state index in [4.69, 9.17) is 10.8 Å². The number of aromatic nitrogens is 1. The van der Waals surface area contributed by atoms with Gasteiger partial charge in [-0.15, -0.1) is 0 Å². The zero-order valence-corrected chi connectivity index (χ0v) is 8.43. The molecule has 15 heavy (non-hydrogen) atoms. The van der Waals surface area contributed by atoms with Gasteiger partial charge in [-0.3, -0.25) is 4.98 Å². The maximum Gasteiger partial charge on any atom is 0.0705 e. The Kier molecular flexibility index (Phi) is 2.94. The second kappa shape index (κ2) is 4.38. The van der Waals surface area contributed by atoms with E-state index in [0.29, 0.717) is 6.42 Å². The summed E-state index contributed by atoms with van der Waals surface area (Å²) in [5.74, 6) is 0. The molecule has 1 heterocycles. The van der Waals surface area contributed by atoms with Crippen LogP contribution in [0.1, 0.15) is 18.0 Å². The number of rotatable bonds is 3.